The Balaban J connectivity index is 1.44. The van der Waals surface area contributed by atoms with Crippen LogP contribution >= 0.6 is 11.3 Å². The second-order valence-corrected chi connectivity index (χ2v) is 8.59. The number of thiophene rings is 1. The summed E-state index contributed by atoms with van der Waals surface area (Å²) in [5.74, 6) is 0.293. The Kier molecular flexibility index (Phi) is 5.02. The van der Waals surface area contributed by atoms with Gasteiger partial charge in [-0.2, -0.15) is 0 Å². The summed E-state index contributed by atoms with van der Waals surface area (Å²) >= 11 is 1.35. The third-order valence-corrected chi connectivity index (χ3v) is 6.02. The molecule has 1 aromatic heterocycles. The first-order chi connectivity index (χ1) is 13.5. The summed E-state index contributed by atoms with van der Waals surface area (Å²) in [4.78, 5) is 25.8. The third-order valence-electron chi connectivity index (χ3n) is 5.15. The van der Waals surface area contributed by atoms with Crippen molar-refractivity contribution in [1.29, 1.82) is 0 Å². The molecule has 6 nitrogen and oxygen atoms in total. The number of nitrogens with one attached hydrogen (secondary N) is 2. The molecule has 1 saturated carbocycles. The minimum absolute atomic E-state index is 0.0559. The summed E-state index contributed by atoms with van der Waals surface area (Å²) in [6.07, 6.45) is 3.95. The van der Waals surface area contributed by atoms with Crippen LogP contribution in [0.2, 0.25) is 0 Å². The van der Waals surface area contributed by atoms with Gasteiger partial charge in [-0.15, -0.1) is 11.3 Å². The van der Waals surface area contributed by atoms with Crippen LogP contribution in [0.5, 0.6) is 11.5 Å². The maximum atomic E-state index is 12.8. The van der Waals surface area contributed by atoms with E-state index in [0.717, 1.165) is 25.7 Å². The minimum Gasteiger partial charge on any atom is -0.448 e. The Labute approximate surface area is 168 Å². The van der Waals surface area contributed by atoms with Gasteiger partial charge in [0.25, 0.3) is 11.7 Å². The van der Waals surface area contributed by atoms with Crippen molar-refractivity contribution < 1.29 is 19.1 Å². The molecule has 1 spiro atoms. The number of fused-ring (bicyclic) bond motifs is 1. The Bertz CT molecular complexity index is 873. The Morgan fingerprint density at radius 3 is 2.54 bits per heavy atom. The predicted octanol–water partition coefficient (Wildman–Crippen LogP) is 4.18. The molecule has 0 unspecified atom stereocenters. The van der Waals surface area contributed by atoms with E-state index in [0.29, 0.717) is 22.1 Å². The van der Waals surface area contributed by atoms with Gasteiger partial charge < -0.3 is 20.1 Å². The van der Waals surface area contributed by atoms with Crippen LogP contribution in [0.4, 0.5) is 5.69 Å². The lowest BCUT2D eigenvalue weighted by molar-refractivity contribution is -0.118. The van der Waals surface area contributed by atoms with Crippen LogP contribution in [0.25, 0.3) is 0 Å². The van der Waals surface area contributed by atoms with E-state index in [1.54, 1.807) is 18.2 Å². The predicted molar refractivity (Wildman–Crippen MR) is 108 cm³/mol. The molecular weight excluding hydrogens is 376 g/mol. The maximum absolute atomic E-state index is 12.8. The molecule has 1 aromatic carbocycles. The largest absolute Gasteiger partial charge is 0.448 e. The zero-order valence-electron chi connectivity index (χ0n) is 16.0. The number of ether oxygens (including phenoxy) is 2. The van der Waals surface area contributed by atoms with Gasteiger partial charge in [0.05, 0.1) is 4.88 Å². The molecule has 7 heteroatoms. The van der Waals surface area contributed by atoms with E-state index in [1.165, 1.54) is 11.3 Å². The van der Waals surface area contributed by atoms with Gasteiger partial charge >= 0.3 is 0 Å². The lowest BCUT2D eigenvalue weighted by Gasteiger charge is -2.21. The molecule has 2 aliphatic rings. The van der Waals surface area contributed by atoms with Crippen molar-refractivity contribution in [3.05, 3.63) is 40.6 Å². The van der Waals surface area contributed by atoms with E-state index in [4.69, 9.17) is 9.47 Å². The molecule has 4 rings (SSSR count). The molecule has 148 valence electrons. The van der Waals surface area contributed by atoms with Crippen LogP contribution in [-0.2, 0) is 4.79 Å². The smallest absolute Gasteiger partial charge is 0.262 e. The molecule has 1 aliphatic heterocycles. The zero-order valence-corrected chi connectivity index (χ0v) is 16.8. The fraction of sp³-hybridized carbons (Fsp3) is 0.429. The fourth-order valence-electron chi connectivity index (χ4n) is 3.66. The van der Waals surface area contributed by atoms with Crippen molar-refractivity contribution >= 4 is 28.8 Å². The zero-order chi connectivity index (χ0) is 19.7. The summed E-state index contributed by atoms with van der Waals surface area (Å²) in [7, 11) is 0. The topological polar surface area (TPSA) is 76.7 Å². The van der Waals surface area contributed by atoms with E-state index < -0.39 is 11.8 Å². The summed E-state index contributed by atoms with van der Waals surface area (Å²) in [6, 6.07) is 8.33. The molecule has 1 atom stereocenters. The normalized spacial score (nSPS) is 17.7. The van der Waals surface area contributed by atoms with Gasteiger partial charge in [0.2, 0.25) is 5.91 Å². The number of amides is 2. The van der Waals surface area contributed by atoms with Crippen molar-refractivity contribution in [1.82, 2.24) is 5.32 Å². The molecule has 0 saturated heterocycles. The van der Waals surface area contributed by atoms with Gasteiger partial charge in [0.1, 0.15) is 6.04 Å². The molecule has 2 amide bonds. The summed E-state index contributed by atoms with van der Waals surface area (Å²) in [5.41, 5.74) is 0.624. The first-order valence-corrected chi connectivity index (χ1v) is 10.5. The fourth-order valence-corrected chi connectivity index (χ4v) is 4.29. The highest BCUT2D eigenvalue weighted by atomic mass is 32.1. The highest BCUT2D eigenvalue weighted by Gasteiger charge is 2.44. The van der Waals surface area contributed by atoms with Crippen molar-refractivity contribution in [3.63, 3.8) is 0 Å². The number of carbonyl (C=O) groups excluding carboxylic acids is 2. The van der Waals surface area contributed by atoms with E-state index in [9.17, 15) is 9.59 Å². The van der Waals surface area contributed by atoms with E-state index >= 15 is 0 Å². The van der Waals surface area contributed by atoms with E-state index in [-0.39, 0.29) is 17.7 Å². The molecule has 1 fully saturated rings. The summed E-state index contributed by atoms with van der Waals surface area (Å²) in [5, 5.41) is 7.57. The first-order valence-electron chi connectivity index (χ1n) is 9.63. The lowest BCUT2D eigenvalue weighted by atomic mass is 10.0. The van der Waals surface area contributed by atoms with E-state index in [1.807, 2.05) is 31.4 Å². The van der Waals surface area contributed by atoms with E-state index in [2.05, 4.69) is 10.6 Å². The summed E-state index contributed by atoms with van der Waals surface area (Å²) < 4.78 is 12.1. The Morgan fingerprint density at radius 2 is 1.86 bits per heavy atom. The van der Waals surface area contributed by atoms with Crippen molar-refractivity contribution in [3.8, 4) is 11.5 Å². The second-order valence-electron chi connectivity index (χ2n) is 7.65. The van der Waals surface area contributed by atoms with Crippen molar-refractivity contribution in [2.24, 2.45) is 5.92 Å². The first kappa shape index (κ1) is 18.8. The minimum atomic E-state index is -0.638. The van der Waals surface area contributed by atoms with Crippen LogP contribution in [0, 0.1) is 5.92 Å². The SMILES string of the molecule is CC(C)[C@H](NC(=O)c1cccs1)C(=O)Nc1ccc2c(c1)OC1(CCCC1)O2. The number of benzene rings is 1. The molecule has 2 N–H and O–H groups in total. The standard InChI is InChI=1S/C21H24N2O4S/c1-13(2)18(23-19(24)17-6-5-11-28-17)20(25)22-14-7-8-15-16(12-14)27-21(26-15)9-3-4-10-21/h5-8,11-13,18H,3-4,9-10H2,1-2H3,(H,22,25)(H,23,24)/t18-/m0/s1. The monoisotopic (exact) mass is 400 g/mol. The Morgan fingerprint density at radius 1 is 1.11 bits per heavy atom. The Hall–Kier alpha value is -2.54. The van der Waals surface area contributed by atoms with Crippen LogP contribution in [0.1, 0.15) is 49.2 Å². The van der Waals surface area contributed by atoms with Gasteiger partial charge in [0.15, 0.2) is 11.5 Å². The number of carbonyl (C=O) groups is 2. The number of hydrogen-bond donors (Lipinski definition) is 2. The average molecular weight is 401 g/mol. The summed E-state index contributed by atoms with van der Waals surface area (Å²) in [6.45, 7) is 3.81. The van der Waals surface area contributed by atoms with Gasteiger partial charge in [-0.25, -0.2) is 0 Å². The lowest BCUT2D eigenvalue weighted by Crippen LogP contribution is -2.46. The van der Waals surface area contributed by atoms with Gasteiger partial charge in [-0.3, -0.25) is 9.59 Å². The van der Waals surface area contributed by atoms with Gasteiger partial charge in [-0.1, -0.05) is 19.9 Å². The molecule has 28 heavy (non-hydrogen) atoms. The van der Waals surface area contributed by atoms with Crippen LogP contribution < -0.4 is 20.1 Å². The van der Waals surface area contributed by atoms with Crippen LogP contribution in [0.3, 0.4) is 0 Å². The van der Waals surface area contributed by atoms with Gasteiger partial charge in [-0.05, 0) is 42.3 Å². The highest BCUT2D eigenvalue weighted by molar-refractivity contribution is 7.12. The second kappa shape index (κ2) is 7.47. The number of hydrogen-bond acceptors (Lipinski definition) is 5. The van der Waals surface area contributed by atoms with Crippen LogP contribution in [-0.4, -0.2) is 23.6 Å². The third kappa shape index (κ3) is 3.71. The molecule has 0 bridgehead atoms. The average Bonchev–Trinajstić information content (AvgIpc) is 3.40. The quantitative estimate of drug-likeness (QED) is 0.789. The van der Waals surface area contributed by atoms with Gasteiger partial charge in [0, 0.05) is 24.6 Å². The molecule has 2 heterocycles. The van der Waals surface area contributed by atoms with Crippen LogP contribution in [0.15, 0.2) is 35.7 Å². The number of rotatable bonds is 5. The highest BCUT2D eigenvalue weighted by Crippen LogP contribution is 2.47. The molecule has 2 aromatic rings. The van der Waals surface area contributed by atoms with Crippen molar-refractivity contribution in [2.75, 3.05) is 5.32 Å². The molecular formula is C21H24N2O4S. The molecule has 1 aliphatic carbocycles. The molecule has 0 radical (unpaired) electrons. The van der Waals surface area contributed by atoms with Crippen molar-refractivity contribution in [2.45, 2.75) is 51.4 Å². The number of anilines is 1. The maximum Gasteiger partial charge on any atom is 0.262 e.